The number of aliphatic hydroxyl groups excluding tert-OH is 1. The average Bonchev–Trinajstić information content (AvgIpc) is 3.41. The van der Waals surface area contributed by atoms with E-state index in [-0.39, 0.29) is 12.2 Å². The monoisotopic (exact) mass is 1000 g/mol. The van der Waals surface area contributed by atoms with Crippen molar-refractivity contribution in [1.29, 1.82) is 0 Å². The molecule has 0 fully saturated rings. The first kappa shape index (κ1) is 54.4. The van der Waals surface area contributed by atoms with Crippen LogP contribution in [0.25, 0.3) is 0 Å². The standard InChI is InChI=1S/C59H64N4O7S2/c1-42(2)54(57(69)60-40-53(66)70-4)63-56(68)51(41-72-59(47-31-17-8-18-32-47,48-33-19-9-20-34-48)49-35-21-10-22-36-49)62-55(67)43(3)61-52(65)39-50(64)37-23-24-38-71-58(44-25-11-5-12-26-44,45-27-13-6-14-28-45)46-29-15-7-16-30-46/h5-23,25-37,42-43,50-51,54,64H,24,38-41H2,1-4H3,(H,60,69)(H,61,65)(H,62,67)(H,63,68). The van der Waals surface area contributed by atoms with Gasteiger partial charge in [-0.05, 0) is 58.4 Å². The first-order chi connectivity index (χ1) is 34.9. The van der Waals surface area contributed by atoms with Crippen LogP contribution in [0.2, 0.25) is 0 Å². The van der Waals surface area contributed by atoms with E-state index in [0.717, 1.165) is 33.4 Å². The number of carbonyl (C=O) groups excluding carboxylic acids is 5. The number of benzene rings is 6. The fourth-order valence-corrected chi connectivity index (χ4v) is 11.5. The van der Waals surface area contributed by atoms with Crippen molar-refractivity contribution in [2.45, 2.75) is 67.3 Å². The lowest BCUT2D eigenvalue weighted by atomic mass is 9.84. The molecule has 4 amide bonds. The lowest BCUT2D eigenvalue weighted by molar-refractivity contribution is -0.141. The number of nitrogens with one attached hydrogen (secondary N) is 4. The zero-order chi connectivity index (χ0) is 51.4. The number of hydrogen-bond acceptors (Lipinski definition) is 9. The van der Waals surface area contributed by atoms with Gasteiger partial charge in [0.2, 0.25) is 23.6 Å². The minimum Gasteiger partial charge on any atom is -0.468 e. The maximum Gasteiger partial charge on any atom is 0.325 e. The Morgan fingerprint density at radius 2 is 0.958 bits per heavy atom. The molecule has 0 radical (unpaired) electrons. The van der Waals surface area contributed by atoms with Crippen molar-refractivity contribution in [3.63, 3.8) is 0 Å². The van der Waals surface area contributed by atoms with Gasteiger partial charge in [-0.1, -0.05) is 208 Å². The van der Waals surface area contributed by atoms with Gasteiger partial charge in [0.25, 0.3) is 0 Å². The molecule has 4 atom stereocenters. The first-order valence-corrected chi connectivity index (χ1v) is 26.1. The van der Waals surface area contributed by atoms with Crippen molar-refractivity contribution in [3.8, 4) is 0 Å². The molecule has 0 aliphatic heterocycles. The van der Waals surface area contributed by atoms with E-state index in [0.29, 0.717) is 12.2 Å². The zero-order valence-corrected chi connectivity index (χ0v) is 42.7. The molecule has 374 valence electrons. The van der Waals surface area contributed by atoms with Crippen LogP contribution < -0.4 is 21.3 Å². The maximum atomic E-state index is 14.5. The predicted molar refractivity (Wildman–Crippen MR) is 289 cm³/mol. The molecule has 13 heteroatoms. The summed E-state index contributed by atoms with van der Waals surface area (Å²) in [7, 11) is 1.21. The third-order valence-corrected chi connectivity index (χ3v) is 15.4. The first-order valence-electron chi connectivity index (χ1n) is 24.1. The maximum absolute atomic E-state index is 14.5. The van der Waals surface area contributed by atoms with Gasteiger partial charge in [-0.2, -0.15) is 0 Å². The van der Waals surface area contributed by atoms with Crippen LogP contribution in [0.5, 0.6) is 0 Å². The number of thioether (sulfide) groups is 2. The summed E-state index contributed by atoms with van der Waals surface area (Å²) in [5, 5.41) is 21.9. The minimum absolute atomic E-state index is 0.0243. The summed E-state index contributed by atoms with van der Waals surface area (Å²) in [6.07, 6.45) is 2.66. The molecule has 0 heterocycles. The predicted octanol–water partition coefficient (Wildman–Crippen LogP) is 8.55. The number of rotatable bonds is 25. The molecule has 6 aromatic carbocycles. The number of hydrogen-bond donors (Lipinski definition) is 5. The van der Waals surface area contributed by atoms with Crippen LogP contribution in [0.4, 0.5) is 0 Å². The summed E-state index contributed by atoms with van der Waals surface area (Å²) in [6, 6.07) is 57.5. The van der Waals surface area contributed by atoms with Crippen molar-refractivity contribution in [2.75, 3.05) is 25.2 Å². The summed E-state index contributed by atoms with van der Waals surface area (Å²) < 4.78 is 3.33. The van der Waals surface area contributed by atoms with Gasteiger partial charge in [0.15, 0.2) is 0 Å². The van der Waals surface area contributed by atoms with Crippen molar-refractivity contribution < 1.29 is 33.8 Å². The Labute approximate surface area is 432 Å². The van der Waals surface area contributed by atoms with Gasteiger partial charge >= 0.3 is 5.97 Å². The van der Waals surface area contributed by atoms with Gasteiger partial charge in [0.05, 0.1) is 29.1 Å². The molecule has 6 aromatic rings. The summed E-state index contributed by atoms with van der Waals surface area (Å²) >= 11 is 3.24. The lowest BCUT2D eigenvalue weighted by Gasteiger charge is -2.37. The molecule has 0 spiro atoms. The number of carbonyl (C=O) groups is 5. The summed E-state index contributed by atoms with van der Waals surface area (Å²) in [5.74, 6) is -2.78. The van der Waals surface area contributed by atoms with E-state index in [1.165, 1.54) is 25.8 Å². The van der Waals surface area contributed by atoms with Crippen molar-refractivity contribution in [2.24, 2.45) is 5.92 Å². The highest BCUT2D eigenvalue weighted by atomic mass is 32.2. The Morgan fingerprint density at radius 3 is 1.35 bits per heavy atom. The average molecular weight is 1010 g/mol. The molecule has 72 heavy (non-hydrogen) atoms. The zero-order valence-electron chi connectivity index (χ0n) is 41.1. The molecule has 0 aliphatic rings. The fourth-order valence-electron chi connectivity index (χ4n) is 8.51. The molecule has 5 N–H and O–H groups in total. The van der Waals surface area contributed by atoms with E-state index in [1.807, 2.05) is 115 Å². The van der Waals surface area contributed by atoms with Crippen LogP contribution >= 0.6 is 23.5 Å². The second-order valence-corrected chi connectivity index (χ2v) is 20.1. The van der Waals surface area contributed by atoms with Crippen molar-refractivity contribution in [1.82, 2.24) is 21.3 Å². The van der Waals surface area contributed by atoms with Crippen LogP contribution in [0.15, 0.2) is 194 Å². The molecule has 0 bridgehead atoms. The highest BCUT2D eigenvalue weighted by molar-refractivity contribution is 8.00. The molecule has 0 saturated carbocycles. The summed E-state index contributed by atoms with van der Waals surface area (Å²) in [5.41, 5.74) is 6.26. The van der Waals surface area contributed by atoms with Gasteiger partial charge in [-0.3, -0.25) is 24.0 Å². The highest BCUT2D eigenvalue weighted by Crippen LogP contribution is 2.50. The molecular weight excluding hydrogens is 941 g/mol. The largest absolute Gasteiger partial charge is 0.468 e. The second-order valence-electron chi connectivity index (χ2n) is 17.6. The molecule has 0 saturated heterocycles. The molecular formula is C59H64N4O7S2. The Kier molecular flexibility index (Phi) is 20.4. The SMILES string of the molecule is COC(=O)CNC(=O)C(NC(=O)C(CSC(c1ccccc1)(c1ccccc1)c1ccccc1)NC(=O)C(C)NC(=O)CC(O)C=CCCSC(c1ccccc1)(c1ccccc1)c1ccccc1)C(C)C. The normalized spacial score (nSPS) is 13.3. The van der Waals surface area contributed by atoms with Crippen LogP contribution in [0.1, 0.15) is 67.0 Å². The van der Waals surface area contributed by atoms with Crippen LogP contribution in [0, 0.1) is 5.92 Å². The number of ether oxygens (including phenoxy) is 1. The van der Waals surface area contributed by atoms with Crippen LogP contribution in [-0.2, 0) is 38.2 Å². The highest BCUT2D eigenvalue weighted by Gasteiger charge is 2.40. The molecule has 6 rings (SSSR count). The van der Waals surface area contributed by atoms with Gasteiger partial charge in [0, 0.05) is 5.75 Å². The van der Waals surface area contributed by atoms with Crippen molar-refractivity contribution in [3.05, 3.63) is 228 Å². The number of methoxy groups -OCH3 is 1. The minimum atomic E-state index is -1.22. The summed E-state index contributed by atoms with van der Waals surface area (Å²) in [6.45, 7) is 4.63. The van der Waals surface area contributed by atoms with E-state index < -0.39 is 75.8 Å². The summed E-state index contributed by atoms with van der Waals surface area (Å²) in [4.78, 5) is 67.2. The molecule has 0 aliphatic carbocycles. The van der Waals surface area contributed by atoms with Crippen LogP contribution in [0.3, 0.4) is 0 Å². The molecule has 0 aromatic heterocycles. The Hall–Kier alpha value is -6.93. The molecule has 4 unspecified atom stereocenters. The van der Waals surface area contributed by atoms with E-state index in [2.05, 4.69) is 98.8 Å². The topological polar surface area (TPSA) is 163 Å². The van der Waals surface area contributed by atoms with Gasteiger partial charge in [0.1, 0.15) is 24.7 Å². The van der Waals surface area contributed by atoms with Crippen molar-refractivity contribution >= 4 is 53.1 Å². The van der Waals surface area contributed by atoms with Gasteiger partial charge in [-0.15, -0.1) is 23.5 Å². The van der Waals surface area contributed by atoms with Gasteiger partial charge in [-0.25, -0.2) is 0 Å². The quantitative estimate of drug-likeness (QED) is 0.0164. The van der Waals surface area contributed by atoms with E-state index >= 15 is 0 Å². The van der Waals surface area contributed by atoms with E-state index in [4.69, 9.17) is 0 Å². The fraction of sp³-hybridized carbons (Fsp3) is 0.271. The van der Waals surface area contributed by atoms with E-state index in [9.17, 15) is 29.1 Å². The lowest BCUT2D eigenvalue weighted by Crippen LogP contribution is -2.58. The number of allylic oxidation sites excluding steroid dienone is 1. The molecule has 11 nitrogen and oxygen atoms in total. The van der Waals surface area contributed by atoms with Gasteiger partial charge < -0.3 is 31.1 Å². The second kappa shape index (κ2) is 27.0. The number of aliphatic hydroxyl groups is 1. The smallest absolute Gasteiger partial charge is 0.325 e. The Morgan fingerprint density at radius 1 is 0.556 bits per heavy atom. The van der Waals surface area contributed by atoms with Crippen LogP contribution in [-0.4, -0.2) is 84.1 Å². The third kappa shape index (κ3) is 14.1. The van der Waals surface area contributed by atoms with E-state index in [1.54, 1.807) is 31.7 Å². The number of esters is 1. The Bertz CT molecular complexity index is 2490. The third-order valence-electron chi connectivity index (χ3n) is 12.2. The number of amides is 4. The Balaban J connectivity index is 1.16.